The van der Waals surface area contributed by atoms with Crippen LogP contribution in [0.5, 0.6) is 0 Å². The first-order chi connectivity index (χ1) is 8.07. The lowest BCUT2D eigenvalue weighted by atomic mass is 9.80. The molecule has 1 aromatic heterocycles. The van der Waals surface area contributed by atoms with Gasteiger partial charge in [0.1, 0.15) is 0 Å². The van der Waals surface area contributed by atoms with Gasteiger partial charge >= 0.3 is 0 Å². The van der Waals surface area contributed by atoms with Crippen molar-refractivity contribution in [2.75, 3.05) is 32.0 Å². The maximum Gasteiger partial charge on any atom is 0.266 e. The molecule has 1 aliphatic rings. The van der Waals surface area contributed by atoms with Gasteiger partial charge in [0.2, 0.25) is 0 Å². The first-order valence-corrected chi connectivity index (χ1v) is 6.05. The lowest BCUT2D eigenvalue weighted by Gasteiger charge is -2.38. The van der Waals surface area contributed by atoms with E-state index in [1.54, 1.807) is 12.3 Å². The van der Waals surface area contributed by atoms with Gasteiger partial charge < -0.3 is 10.2 Å². The first-order valence-electron chi connectivity index (χ1n) is 6.05. The monoisotopic (exact) mass is 236 g/mol. The van der Waals surface area contributed by atoms with Crippen LogP contribution in [0.3, 0.4) is 0 Å². The Labute approximate surface area is 101 Å². The third-order valence-corrected chi connectivity index (χ3v) is 3.58. The number of piperidine rings is 1. The molecule has 0 atom stereocenters. The third-order valence-electron chi connectivity index (χ3n) is 3.58. The Morgan fingerprint density at radius 2 is 2.24 bits per heavy atom. The van der Waals surface area contributed by atoms with Crippen molar-refractivity contribution in [3.63, 3.8) is 0 Å². The van der Waals surface area contributed by atoms with Gasteiger partial charge in [0.05, 0.1) is 11.9 Å². The summed E-state index contributed by atoms with van der Waals surface area (Å²) in [5.74, 6) is 0. The van der Waals surface area contributed by atoms with Crippen molar-refractivity contribution in [3.05, 3.63) is 22.6 Å². The second-order valence-electron chi connectivity index (χ2n) is 5.30. The Morgan fingerprint density at radius 1 is 1.53 bits per heavy atom. The van der Waals surface area contributed by atoms with Crippen molar-refractivity contribution in [2.45, 2.75) is 19.8 Å². The zero-order chi connectivity index (χ0) is 12.3. The first kappa shape index (κ1) is 12.1. The van der Waals surface area contributed by atoms with Crippen molar-refractivity contribution >= 4 is 5.69 Å². The van der Waals surface area contributed by atoms with Crippen LogP contribution in [0, 0.1) is 5.41 Å². The van der Waals surface area contributed by atoms with Gasteiger partial charge in [0, 0.05) is 12.6 Å². The Hall–Kier alpha value is -1.36. The van der Waals surface area contributed by atoms with Crippen LogP contribution in [-0.4, -0.2) is 41.8 Å². The summed E-state index contributed by atoms with van der Waals surface area (Å²) >= 11 is 0. The summed E-state index contributed by atoms with van der Waals surface area (Å²) in [7, 11) is 2.16. The van der Waals surface area contributed by atoms with Crippen LogP contribution in [0.1, 0.15) is 19.8 Å². The van der Waals surface area contributed by atoms with E-state index in [0.29, 0.717) is 5.41 Å². The largest absolute Gasteiger partial charge is 0.383 e. The SMILES string of the molecule is CN1CCC(C)(CNc2cn[nH]c(=O)c2)CC1. The van der Waals surface area contributed by atoms with E-state index in [1.165, 1.54) is 12.8 Å². The van der Waals surface area contributed by atoms with Gasteiger partial charge in [0.25, 0.3) is 5.56 Å². The number of nitrogens with zero attached hydrogens (tertiary/aromatic N) is 2. The van der Waals surface area contributed by atoms with Crippen LogP contribution in [0.25, 0.3) is 0 Å². The highest BCUT2D eigenvalue weighted by Gasteiger charge is 2.28. The zero-order valence-corrected chi connectivity index (χ0v) is 10.5. The summed E-state index contributed by atoms with van der Waals surface area (Å²) in [5.41, 5.74) is 0.951. The summed E-state index contributed by atoms with van der Waals surface area (Å²) in [6.45, 7) is 5.48. The number of likely N-dealkylation sites (tertiary alicyclic amines) is 1. The minimum Gasteiger partial charge on any atom is -0.383 e. The van der Waals surface area contributed by atoms with Gasteiger partial charge in [-0.05, 0) is 38.4 Å². The van der Waals surface area contributed by atoms with Gasteiger partial charge in [-0.3, -0.25) is 4.79 Å². The second-order valence-corrected chi connectivity index (χ2v) is 5.30. The predicted molar refractivity (Wildman–Crippen MR) is 68.2 cm³/mol. The number of nitrogens with one attached hydrogen (secondary N) is 2. The molecule has 5 heteroatoms. The molecule has 0 radical (unpaired) electrons. The molecule has 0 amide bonds. The molecule has 1 aromatic rings. The average Bonchev–Trinajstić information content (AvgIpc) is 2.31. The molecule has 5 nitrogen and oxygen atoms in total. The van der Waals surface area contributed by atoms with Crippen molar-refractivity contribution in [3.8, 4) is 0 Å². The summed E-state index contributed by atoms with van der Waals surface area (Å²) in [5, 5.41) is 9.46. The molecule has 0 unspecified atom stereocenters. The fourth-order valence-electron chi connectivity index (χ4n) is 2.12. The number of hydrogen-bond donors (Lipinski definition) is 2. The minimum absolute atomic E-state index is 0.163. The second kappa shape index (κ2) is 4.87. The molecule has 1 saturated heterocycles. The molecule has 0 aromatic carbocycles. The van der Waals surface area contributed by atoms with Crippen molar-refractivity contribution in [2.24, 2.45) is 5.41 Å². The van der Waals surface area contributed by atoms with E-state index in [0.717, 1.165) is 25.3 Å². The van der Waals surface area contributed by atoms with E-state index in [-0.39, 0.29) is 5.56 Å². The number of H-pyrrole nitrogens is 1. The van der Waals surface area contributed by atoms with Crippen LogP contribution in [-0.2, 0) is 0 Å². The smallest absolute Gasteiger partial charge is 0.266 e. The molecular formula is C12H20N4O. The van der Waals surface area contributed by atoms with E-state index in [1.807, 2.05) is 0 Å². The molecule has 0 aliphatic carbocycles. The fraction of sp³-hybridized carbons (Fsp3) is 0.667. The Bertz CT molecular complexity index is 421. The molecule has 0 bridgehead atoms. The Kier molecular flexibility index (Phi) is 3.47. The molecule has 1 fully saturated rings. The number of rotatable bonds is 3. The molecule has 1 aliphatic heterocycles. The van der Waals surface area contributed by atoms with Gasteiger partial charge in [-0.2, -0.15) is 5.10 Å². The molecule has 94 valence electrons. The molecule has 2 rings (SSSR count). The topological polar surface area (TPSA) is 61.0 Å². The average molecular weight is 236 g/mol. The highest BCUT2D eigenvalue weighted by Crippen LogP contribution is 2.30. The standard InChI is InChI=1S/C12H20N4O/c1-12(3-5-16(2)6-4-12)9-13-10-7-11(17)15-14-8-10/h7-8H,3-6,9H2,1-2H3,(H2,13,15,17). The van der Waals surface area contributed by atoms with Crippen molar-refractivity contribution in [1.29, 1.82) is 0 Å². The molecule has 0 spiro atoms. The fourth-order valence-corrected chi connectivity index (χ4v) is 2.12. The van der Waals surface area contributed by atoms with E-state index >= 15 is 0 Å². The lowest BCUT2D eigenvalue weighted by molar-refractivity contribution is 0.150. The predicted octanol–water partition coefficient (Wildman–Crippen LogP) is 0.914. The number of aromatic nitrogens is 2. The molecule has 2 heterocycles. The Balaban J connectivity index is 1.91. The van der Waals surface area contributed by atoms with Gasteiger partial charge in [-0.25, -0.2) is 5.10 Å². The summed E-state index contributed by atoms with van der Waals surface area (Å²) in [6.07, 6.45) is 4.03. The van der Waals surface area contributed by atoms with E-state index in [9.17, 15) is 4.79 Å². The van der Waals surface area contributed by atoms with E-state index < -0.39 is 0 Å². The van der Waals surface area contributed by atoms with E-state index in [4.69, 9.17) is 0 Å². The summed E-state index contributed by atoms with van der Waals surface area (Å²) in [4.78, 5) is 13.5. The molecule has 2 N–H and O–H groups in total. The molecule has 17 heavy (non-hydrogen) atoms. The minimum atomic E-state index is -0.163. The summed E-state index contributed by atoms with van der Waals surface area (Å²) in [6, 6.07) is 1.55. The maximum atomic E-state index is 11.1. The van der Waals surface area contributed by atoms with Gasteiger partial charge in [-0.15, -0.1) is 0 Å². The highest BCUT2D eigenvalue weighted by atomic mass is 16.1. The zero-order valence-electron chi connectivity index (χ0n) is 10.5. The summed E-state index contributed by atoms with van der Waals surface area (Å²) < 4.78 is 0. The normalized spacial score (nSPS) is 20.1. The highest BCUT2D eigenvalue weighted by molar-refractivity contribution is 5.38. The quantitative estimate of drug-likeness (QED) is 0.819. The van der Waals surface area contributed by atoms with E-state index in [2.05, 4.69) is 34.4 Å². The molecule has 0 saturated carbocycles. The number of hydrogen-bond acceptors (Lipinski definition) is 4. The lowest BCUT2D eigenvalue weighted by Crippen LogP contribution is -2.40. The van der Waals surface area contributed by atoms with Gasteiger partial charge in [0.15, 0.2) is 0 Å². The maximum absolute atomic E-state index is 11.1. The van der Waals surface area contributed by atoms with Crippen LogP contribution in [0.4, 0.5) is 5.69 Å². The third kappa shape index (κ3) is 3.30. The van der Waals surface area contributed by atoms with Crippen LogP contribution >= 0.6 is 0 Å². The number of anilines is 1. The van der Waals surface area contributed by atoms with Crippen LogP contribution in [0.2, 0.25) is 0 Å². The van der Waals surface area contributed by atoms with Crippen LogP contribution < -0.4 is 10.9 Å². The van der Waals surface area contributed by atoms with Crippen molar-refractivity contribution < 1.29 is 0 Å². The Morgan fingerprint density at radius 3 is 2.88 bits per heavy atom. The van der Waals surface area contributed by atoms with Gasteiger partial charge in [-0.1, -0.05) is 6.92 Å². The molecular weight excluding hydrogens is 216 g/mol. The van der Waals surface area contributed by atoms with Crippen molar-refractivity contribution in [1.82, 2.24) is 15.1 Å². The van der Waals surface area contributed by atoms with Crippen LogP contribution in [0.15, 0.2) is 17.1 Å². The number of aromatic amines is 1.